The lowest BCUT2D eigenvalue weighted by molar-refractivity contribution is -0.139. The molecule has 0 aliphatic heterocycles. The summed E-state index contributed by atoms with van der Waals surface area (Å²) in [7, 11) is 0. The van der Waals surface area contributed by atoms with Gasteiger partial charge in [0.25, 0.3) is 0 Å². The predicted molar refractivity (Wildman–Crippen MR) is 48.1 cm³/mol. The van der Waals surface area contributed by atoms with E-state index in [1.807, 2.05) is 0 Å². The molecule has 1 unspecified atom stereocenters. The topological polar surface area (TPSA) is 62.2 Å². The number of carbonyl (C=O) groups is 1. The van der Waals surface area contributed by atoms with Gasteiger partial charge in [-0.2, -0.15) is 0 Å². The van der Waals surface area contributed by atoms with Gasteiger partial charge in [-0.15, -0.1) is 0 Å². The molecule has 0 saturated carbocycles. The van der Waals surface area contributed by atoms with Crippen molar-refractivity contribution in [1.29, 1.82) is 0 Å². The second kappa shape index (κ2) is 4.66. The lowest BCUT2D eigenvalue weighted by Gasteiger charge is -2.08. The fourth-order valence-corrected chi connectivity index (χ4v) is 0.911. The van der Waals surface area contributed by atoms with E-state index in [1.54, 1.807) is 0 Å². The largest absolute Gasteiger partial charge is 0.480 e. The SMILES string of the molecule is CC(NCc1cncc(F)c1)C(=O)O. The normalized spacial score (nSPS) is 12.4. The van der Waals surface area contributed by atoms with Crippen molar-refractivity contribution in [2.24, 2.45) is 0 Å². The van der Waals surface area contributed by atoms with Crippen LogP contribution in [-0.4, -0.2) is 22.1 Å². The number of carboxylic acids is 1. The van der Waals surface area contributed by atoms with E-state index in [0.29, 0.717) is 5.56 Å². The van der Waals surface area contributed by atoms with Crippen LogP contribution in [-0.2, 0) is 11.3 Å². The highest BCUT2D eigenvalue weighted by Crippen LogP contribution is 2.00. The lowest BCUT2D eigenvalue weighted by atomic mass is 10.2. The van der Waals surface area contributed by atoms with Gasteiger partial charge in [0.15, 0.2) is 0 Å². The number of rotatable bonds is 4. The first-order valence-electron chi connectivity index (χ1n) is 4.15. The number of hydrogen-bond acceptors (Lipinski definition) is 3. The van der Waals surface area contributed by atoms with Crippen LogP contribution in [0.2, 0.25) is 0 Å². The Hall–Kier alpha value is -1.49. The van der Waals surface area contributed by atoms with Crippen molar-refractivity contribution in [2.75, 3.05) is 0 Å². The van der Waals surface area contributed by atoms with Crippen LogP contribution in [0.4, 0.5) is 4.39 Å². The molecule has 1 atom stereocenters. The summed E-state index contributed by atoms with van der Waals surface area (Å²) < 4.78 is 12.6. The van der Waals surface area contributed by atoms with Crippen molar-refractivity contribution in [3.8, 4) is 0 Å². The van der Waals surface area contributed by atoms with E-state index >= 15 is 0 Å². The van der Waals surface area contributed by atoms with Gasteiger partial charge in [-0.3, -0.25) is 9.78 Å². The van der Waals surface area contributed by atoms with E-state index in [-0.39, 0.29) is 6.54 Å². The van der Waals surface area contributed by atoms with Gasteiger partial charge < -0.3 is 10.4 Å². The van der Waals surface area contributed by atoms with Crippen molar-refractivity contribution in [1.82, 2.24) is 10.3 Å². The monoisotopic (exact) mass is 198 g/mol. The zero-order valence-corrected chi connectivity index (χ0v) is 7.70. The summed E-state index contributed by atoms with van der Waals surface area (Å²) in [6.45, 7) is 1.81. The van der Waals surface area contributed by atoms with Crippen LogP contribution in [0.25, 0.3) is 0 Å². The minimum Gasteiger partial charge on any atom is -0.480 e. The summed E-state index contributed by atoms with van der Waals surface area (Å²) in [5, 5.41) is 11.3. The van der Waals surface area contributed by atoms with Crippen LogP contribution in [0.3, 0.4) is 0 Å². The molecule has 1 aromatic heterocycles. The molecule has 14 heavy (non-hydrogen) atoms. The van der Waals surface area contributed by atoms with Crippen molar-refractivity contribution < 1.29 is 14.3 Å². The highest BCUT2D eigenvalue weighted by Gasteiger charge is 2.09. The average molecular weight is 198 g/mol. The van der Waals surface area contributed by atoms with Crippen molar-refractivity contribution >= 4 is 5.97 Å². The predicted octanol–water partition coefficient (Wildman–Crippen LogP) is 0.783. The summed E-state index contributed by atoms with van der Waals surface area (Å²) >= 11 is 0. The maximum absolute atomic E-state index is 12.6. The van der Waals surface area contributed by atoms with Crippen LogP contribution < -0.4 is 5.32 Å². The molecule has 0 aliphatic carbocycles. The molecule has 0 spiro atoms. The fraction of sp³-hybridized carbons (Fsp3) is 0.333. The molecule has 0 aromatic carbocycles. The Morgan fingerprint density at radius 2 is 2.43 bits per heavy atom. The molecular formula is C9H11FN2O2. The number of halogens is 1. The van der Waals surface area contributed by atoms with Crippen molar-refractivity contribution in [2.45, 2.75) is 19.5 Å². The summed E-state index contributed by atoms with van der Waals surface area (Å²) in [6, 6.07) is 0.660. The molecule has 0 aliphatic rings. The Balaban J connectivity index is 2.49. The Bertz CT molecular complexity index is 330. The summed E-state index contributed by atoms with van der Waals surface area (Å²) in [4.78, 5) is 14.1. The van der Waals surface area contributed by atoms with Crippen molar-refractivity contribution in [3.05, 3.63) is 29.8 Å². The Morgan fingerprint density at radius 3 is 3.00 bits per heavy atom. The van der Waals surface area contributed by atoms with Gasteiger partial charge in [0.1, 0.15) is 11.9 Å². The zero-order chi connectivity index (χ0) is 10.6. The van der Waals surface area contributed by atoms with Gasteiger partial charge in [-0.25, -0.2) is 4.39 Å². The van der Waals surface area contributed by atoms with E-state index in [9.17, 15) is 9.18 Å². The number of aromatic nitrogens is 1. The number of nitrogens with one attached hydrogen (secondary N) is 1. The zero-order valence-electron chi connectivity index (χ0n) is 7.70. The van der Waals surface area contributed by atoms with Crippen LogP contribution in [0, 0.1) is 5.82 Å². The Labute approximate surface area is 80.8 Å². The molecule has 76 valence electrons. The summed E-state index contributed by atoms with van der Waals surface area (Å²) in [6.07, 6.45) is 2.59. The minimum absolute atomic E-state index is 0.290. The molecule has 1 aromatic rings. The smallest absolute Gasteiger partial charge is 0.320 e. The van der Waals surface area contributed by atoms with E-state index in [4.69, 9.17) is 5.11 Å². The van der Waals surface area contributed by atoms with E-state index in [2.05, 4.69) is 10.3 Å². The standard InChI is InChI=1S/C9H11FN2O2/c1-6(9(13)14)12-4-7-2-8(10)5-11-3-7/h2-3,5-6,12H,4H2,1H3,(H,13,14). The number of nitrogens with zero attached hydrogens (tertiary/aromatic N) is 1. The van der Waals surface area contributed by atoms with Crippen LogP contribution in [0.15, 0.2) is 18.5 Å². The van der Waals surface area contributed by atoms with Crippen molar-refractivity contribution in [3.63, 3.8) is 0 Å². The number of hydrogen-bond donors (Lipinski definition) is 2. The van der Waals surface area contributed by atoms with Gasteiger partial charge in [0.05, 0.1) is 6.20 Å². The first kappa shape index (κ1) is 10.6. The molecule has 0 amide bonds. The third-order valence-electron chi connectivity index (χ3n) is 1.74. The molecule has 1 heterocycles. The number of carboxylic acid groups (broad SMARTS) is 1. The molecule has 5 heteroatoms. The molecule has 0 fully saturated rings. The first-order chi connectivity index (χ1) is 6.59. The molecule has 0 saturated heterocycles. The average Bonchev–Trinajstić information content (AvgIpc) is 2.14. The fourth-order valence-electron chi connectivity index (χ4n) is 0.911. The third kappa shape index (κ3) is 3.10. The second-order valence-corrected chi connectivity index (χ2v) is 2.95. The van der Waals surface area contributed by atoms with Gasteiger partial charge in [0.2, 0.25) is 0 Å². The maximum Gasteiger partial charge on any atom is 0.320 e. The third-order valence-corrected chi connectivity index (χ3v) is 1.74. The van der Waals surface area contributed by atoms with E-state index in [0.717, 1.165) is 6.20 Å². The molecule has 0 bridgehead atoms. The molecule has 1 rings (SSSR count). The van der Waals surface area contributed by atoms with E-state index in [1.165, 1.54) is 19.2 Å². The number of aliphatic carboxylic acids is 1. The van der Waals surface area contributed by atoms with Gasteiger partial charge in [-0.05, 0) is 18.6 Å². The molecule has 4 nitrogen and oxygen atoms in total. The highest BCUT2D eigenvalue weighted by atomic mass is 19.1. The molecular weight excluding hydrogens is 187 g/mol. The van der Waals surface area contributed by atoms with Gasteiger partial charge in [-0.1, -0.05) is 0 Å². The second-order valence-electron chi connectivity index (χ2n) is 2.95. The highest BCUT2D eigenvalue weighted by molar-refractivity contribution is 5.72. The van der Waals surface area contributed by atoms with Crippen LogP contribution in [0.5, 0.6) is 0 Å². The lowest BCUT2D eigenvalue weighted by Crippen LogP contribution is -2.33. The number of pyridine rings is 1. The Kier molecular flexibility index (Phi) is 3.53. The molecule has 2 N–H and O–H groups in total. The summed E-state index contributed by atoms with van der Waals surface area (Å²) in [5.74, 6) is -1.36. The Morgan fingerprint density at radius 1 is 1.71 bits per heavy atom. The van der Waals surface area contributed by atoms with E-state index < -0.39 is 17.8 Å². The minimum atomic E-state index is -0.936. The van der Waals surface area contributed by atoms with Gasteiger partial charge in [0, 0.05) is 12.7 Å². The summed E-state index contributed by atoms with van der Waals surface area (Å²) in [5.41, 5.74) is 0.623. The molecule has 0 radical (unpaired) electrons. The quantitative estimate of drug-likeness (QED) is 0.750. The van der Waals surface area contributed by atoms with Gasteiger partial charge >= 0.3 is 5.97 Å². The maximum atomic E-state index is 12.6. The van der Waals surface area contributed by atoms with Crippen LogP contribution in [0.1, 0.15) is 12.5 Å². The first-order valence-corrected chi connectivity index (χ1v) is 4.15. The van der Waals surface area contributed by atoms with Crippen LogP contribution >= 0.6 is 0 Å².